The Morgan fingerprint density at radius 3 is 2.67 bits per heavy atom. The van der Waals surface area contributed by atoms with Gasteiger partial charge in [-0.15, -0.1) is 0 Å². The summed E-state index contributed by atoms with van der Waals surface area (Å²) >= 11 is 3.42. The van der Waals surface area contributed by atoms with Crippen molar-refractivity contribution >= 4 is 45.7 Å². The summed E-state index contributed by atoms with van der Waals surface area (Å²) in [6, 6.07) is 13.1. The molecule has 4 rings (SSSR count). The molecule has 2 aromatic carbocycles. The van der Waals surface area contributed by atoms with E-state index in [0.717, 1.165) is 10.2 Å². The number of aromatic hydroxyl groups is 1. The van der Waals surface area contributed by atoms with E-state index in [1.54, 1.807) is 12.1 Å². The Labute approximate surface area is 199 Å². The SMILES string of the molecule is CCOc1cc(Br)cc(C=NNc2nc(Nc3ccccc3)nc(N3CCOCC3)n2)c1O. The fraction of sp³-hybridized carbons (Fsp3) is 0.273. The molecule has 172 valence electrons. The molecule has 0 saturated carbocycles. The third-order valence-electron chi connectivity index (χ3n) is 4.68. The van der Waals surface area contributed by atoms with Gasteiger partial charge < -0.3 is 24.8 Å². The van der Waals surface area contributed by atoms with E-state index in [2.05, 4.69) is 46.7 Å². The molecule has 1 aliphatic rings. The largest absolute Gasteiger partial charge is 0.504 e. The zero-order chi connectivity index (χ0) is 23.0. The van der Waals surface area contributed by atoms with Crippen molar-refractivity contribution in [3.8, 4) is 11.5 Å². The van der Waals surface area contributed by atoms with E-state index in [1.165, 1.54) is 6.21 Å². The number of rotatable bonds is 8. The number of halogens is 1. The number of para-hydroxylation sites is 1. The van der Waals surface area contributed by atoms with E-state index < -0.39 is 0 Å². The van der Waals surface area contributed by atoms with E-state index in [0.29, 0.717) is 56.1 Å². The number of hydrogen-bond donors (Lipinski definition) is 3. The first-order valence-corrected chi connectivity index (χ1v) is 11.3. The summed E-state index contributed by atoms with van der Waals surface area (Å²) in [7, 11) is 0. The van der Waals surface area contributed by atoms with E-state index in [4.69, 9.17) is 9.47 Å². The summed E-state index contributed by atoms with van der Waals surface area (Å²) in [5.41, 5.74) is 4.17. The van der Waals surface area contributed by atoms with Gasteiger partial charge in [-0.3, -0.25) is 0 Å². The lowest BCUT2D eigenvalue weighted by atomic mass is 10.2. The van der Waals surface area contributed by atoms with Crippen molar-refractivity contribution in [2.75, 3.05) is 48.6 Å². The zero-order valence-electron chi connectivity index (χ0n) is 18.0. The maximum absolute atomic E-state index is 10.4. The number of nitrogens with one attached hydrogen (secondary N) is 2. The molecular formula is C22H24BrN7O3. The van der Waals surface area contributed by atoms with Crippen LogP contribution in [0.3, 0.4) is 0 Å². The third-order valence-corrected chi connectivity index (χ3v) is 5.14. The third kappa shape index (κ3) is 6.08. The van der Waals surface area contributed by atoms with Gasteiger partial charge in [-0.25, -0.2) is 5.43 Å². The van der Waals surface area contributed by atoms with Crippen molar-refractivity contribution in [3.63, 3.8) is 0 Å². The molecule has 2 heterocycles. The molecule has 3 N–H and O–H groups in total. The lowest BCUT2D eigenvalue weighted by Crippen LogP contribution is -2.37. The summed E-state index contributed by atoms with van der Waals surface area (Å²) in [5.74, 6) is 1.55. The average Bonchev–Trinajstić information content (AvgIpc) is 2.83. The number of phenols is 1. The number of benzene rings is 2. The topological polar surface area (TPSA) is 117 Å². The van der Waals surface area contributed by atoms with E-state index in [1.807, 2.05) is 42.2 Å². The van der Waals surface area contributed by atoms with Crippen molar-refractivity contribution in [3.05, 3.63) is 52.5 Å². The lowest BCUT2D eigenvalue weighted by Gasteiger charge is -2.27. The van der Waals surface area contributed by atoms with Crippen molar-refractivity contribution in [2.45, 2.75) is 6.92 Å². The summed E-state index contributed by atoms with van der Waals surface area (Å²) < 4.78 is 11.7. The van der Waals surface area contributed by atoms with Crippen LogP contribution in [0, 0.1) is 0 Å². The van der Waals surface area contributed by atoms with Crippen molar-refractivity contribution < 1.29 is 14.6 Å². The van der Waals surface area contributed by atoms with Crippen LogP contribution in [0.2, 0.25) is 0 Å². The van der Waals surface area contributed by atoms with Gasteiger partial charge in [0.25, 0.3) is 0 Å². The Kier molecular flexibility index (Phi) is 7.53. The highest BCUT2D eigenvalue weighted by molar-refractivity contribution is 9.10. The number of hydrazone groups is 1. The summed E-state index contributed by atoms with van der Waals surface area (Å²) in [6.45, 7) is 4.87. The molecule has 1 aliphatic heterocycles. The highest BCUT2D eigenvalue weighted by Crippen LogP contribution is 2.33. The number of nitrogens with zero attached hydrogens (tertiary/aromatic N) is 5. The maximum Gasteiger partial charge on any atom is 0.250 e. The smallest absolute Gasteiger partial charge is 0.250 e. The standard InChI is InChI=1S/C22H24BrN7O3/c1-2-33-18-13-16(23)12-15(19(18)31)14-24-29-21-26-20(25-17-6-4-3-5-7-17)27-22(28-21)30-8-10-32-11-9-30/h3-7,12-14,31H,2,8-11H2,1H3,(H2,25,26,27,28,29). The molecule has 1 saturated heterocycles. The predicted molar refractivity (Wildman–Crippen MR) is 131 cm³/mol. The summed E-state index contributed by atoms with van der Waals surface area (Å²) in [4.78, 5) is 15.5. The first-order chi connectivity index (χ1) is 16.1. The molecule has 1 aromatic heterocycles. The van der Waals surface area contributed by atoms with Gasteiger partial charge in [0.2, 0.25) is 17.8 Å². The molecule has 11 heteroatoms. The van der Waals surface area contributed by atoms with Crippen LogP contribution in [0.1, 0.15) is 12.5 Å². The predicted octanol–water partition coefficient (Wildman–Crippen LogP) is 3.76. The quantitative estimate of drug-likeness (QED) is 0.305. The Morgan fingerprint density at radius 1 is 1.15 bits per heavy atom. The number of ether oxygens (including phenoxy) is 2. The molecule has 0 amide bonds. The Bertz CT molecular complexity index is 1110. The molecule has 0 unspecified atom stereocenters. The van der Waals surface area contributed by atoms with Gasteiger partial charge in [0, 0.05) is 28.8 Å². The van der Waals surface area contributed by atoms with Crippen LogP contribution in [-0.4, -0.2) is 59.2 Å². The first-order valence-electron chi connectivity index (χ1n) is 10.5. The van der Waals surface area contributed by atoms with E-state index >= 15 is 0 Å². The first kappa shape index (κ1) is 22.7. The van der Waals surface area contributed by atoms with Gasteiger partial charge >= 0.3 is 0 Å². The molecule has 0 aliphatic carbocycles. The molecule has 0 radical (unpaired) electrons. The van der Waals surface area contributed by atoms with Gasteiger partial charge in [-0.2, -0.15) is 20.1 Å². The molecule has 0 atom stereocenters. The van der Waals surface area contributed by atoms with Crippen LogP contribution in [0.5, 0.6) is 11.5 Å². The minimum Gasteiger partial charge on any atom is -0.504 e. The van der Waals surface area contributed by atoms with Gasteiger partial charge in [-0.05, 0) is 31.2 Å². The highest BCUT2D eigenvalue weighted by Gasteiger charge is 2.17. The average molecular weight is 514 g/mol. The van der Waals surface area contributed by atoms with Crippen LogP contribution in [-0.2, 0) is 4.74 Å². The van der Waals surface area contributed by atoms with Crippen LogP contribution in [0.15, 0.2) is 52.0 Å². The number of phenolic OH excluding ortho intramolecular Hbond substituents is 1. The van der Waals surface area contributed by atoms with Gasteiger partial charge in [0.05, 0.1) is 26.0 Å². The van der Waals surface area contributed by atoms with Gasteiger partial charge in [0.15, 0.2) is 11.5 Å². The molecule has 0 bridgehead atoms. The van der Waals surface area contributed by atoms with Crippen molar-refractivity contribution in [1.82, 2.24) is 15.0 Å². The Morgan fingerprint density at radius 2 is 1.91 bits per heavy atom. The van der Waals surface area contributed by atoms with Crippen molar-refractivity contribution in [2.24, 2.45) is 5.10 Å². The fourth-order valence-corrected chi connectivity index (χ4v) is 3.60. The zero-order valence-corrected chi connectivity index (χ0v) is 19.6. The van der Waals surface area contributed by atoms with E-state index in [9.17, 15) is 5.11 Å². The van der Waals surface area contributed by atoms with Crippen molar-refractivity contribution in [1.29, 1.82) is 0 Å². The molecule has 0 spiro atoms. The molecular weight excluding hydrogens is 490 g/mol. The summed E-state index contributed by atoms with van der Waals surface area (Å²) in [6.07, 6.45) is 1.48. The molecule has 33 heavy (non-hydrogen) atoms. The van der Waals surface area contributed by atoms with Crippen LogP contribution < -0.4 is 20.4 Å². The molecule has 10 nitrogen and oxygen atoms in total. The highest BCUT2D eigenvalue weighted by atomic mass is 79.9. The Balaban J connectivity index is 1.58. The summed E-state index contributed by atoms with van der Waals surface area (Å²) in [5, 5.41) is 17.8. The number of morpholine rings is 1. The maximum atomic E-state index is 10.4. The second-order valence-corrected chi connectivity index (χ2v) is 7.93. The Hall–Kier alpha value is -3.44. The second-order valence-electron chi connectivity index (χ2n) is 7.02. The van der Waals surface area contributed by atoms with Crippen LogP contribution in [0.25, 0.3) is 0 Å². The van der Waals surface area contributed by atoms with Gasteiger partial charge in [-0.1, -0.05) is 34.1 Å². The second kappa shape index (κ2) is 10.9. The monoisotopic (exact) mass is 513 g/mol. The van der Waals surface area contributed by atoms with Crippen LogP contribution >= 0.6 is 15.9 Å². The molecule has 1 fully saturated rings. The minimum absolute atomic E-state index is 0.00156. The lowest BCUT2D eigenvalue weighted by molar-refractivity contribution is 0.122. The van der Waals surface area contributed by atoms with Crippen LogP contribution in [0.4, 0.5) is 23.5 Å². The van der Waals surface area contributed by atoms with Gasteiger partial charge in [0.1, 0.15) is 0 Å². The number of hydrogen-bond acceptors (Lipinski definition) is 10. The number of aromatic nitrogens is 3. The normalized spacial score (nSPS) is 13.8. The number of anilines is 4. The minimum atomic E-state index is 0.00156. The fourth-order valence-electron chi connectivity index (χ4n) is 3.14. The molecule has 3 aromatic rings. The van der Waals surface area contributed by atoms with E-state index in [-0.39, 0.29) is 11.7 Å².